The number of allylic oxidation sites excluding steroid dienone is 2. The second kappa shape index (κ2) is 6.31. The molecule has 0 saturated carbocycles. The van der Waals surface area contributed by atoms with Gasteiger partial charge in [-0.3, -0.25) is 0 Å². The molecule has 1 aliphatic rings. The van der Waals surface area contributed by atoms with Crippen molar-refractivity contribution in [2.45, 2.75) is 19.3 Å². The quantitative estimate of drug-likeness (QED) is 0.867. The van der Waals surface area contributed by atoms with Gasteiger partial charge in [-0.1, -0.05) is 25.1 Å². The van der Waals surface area contributed by atoms with E-state index in [9.17, 15) is 14.4 Å². The fourth-order valence-electron chi connectivity index (χ4n) is 2.43. The van der Waals surface area contributed by atoms with E-state index in [2.05, 4.69) is 0 Å². The zero-order valence-corrected chi connectivity index (χ0v) is 12.2. The van der Waals surface area contributed by atoms with E-state index in [0.717, 1.165) is 0 Å². The highest BCUT2D eigenvalue weighted by Gasteiger charge is 2.37. The van der Waals surface area contributed by atoms with Crippen LogP contribution in [-0.4, -0.2) is 13.1 Å². The lowest BCUT2D eigenvalue weighted by Crippen LogP contribution is -2.26. The average Bonchev–Trinajstić information content (AvgIpc) is 2.53. The van der Waals surface area contributed by atoms with Gasteiger partial charge in [-0.05, 0) is 6.07 Å². The molecule has 0 aromatic heterocycles. The van der Waals surface area contributed by atoms with Crippen LogP contribution in [0.2, 0.25) is 0 Å². The Kier molecular flexibility index (Phi) is 4.47. The number of carbonyl (C=O) groups excluding carboxylic acids is 1. The van der Waals surface area contributed by atoms with Gasteiger partial charge in [-0.2, -0.15) is 5.26 Å². The molecule has 0 bridgehead atoms. The van der Waals surface area contributed by atoms with Crippen molar-refractivity contribution in [3.63, 3.8) is 0 Å². The molecular formula is C16H15FN2O3. The van der Waals surface area contributed by atoms with Crippen molar-refractivity contribution in [1.29, 1.82) is 5.26 Å². The van der Waals surface area contributed by atoms with Crippen molar-refractivity contribution in [1.82, 2.24) is 0 Å². The van der Waals surface area contributed by atoms with Crippen LogP contribution in [0.25, 0.3) is 0 Å². The SMILES string of the molecule is CCC1=C(C(=O)OC)[C@@H](c2ccccc2F)C(C#N)=C(N)O1. The summed E-state index contributed by atoms with van der Waals surface area (Å²) in [5.74, 6) is -2.00. The summed E-state index contributed by atoms with van der Waals surface area (Å²) >= 11 is 0. The summed E-state index contributed by atoms with van der Waals surface area (Å²) in [6.07, 6.45) is 0.356. The number of ether oxygens (including phenoxy) is 2. The highest BCUT2D eigenvalue weighted by Crippen LogP contribution is 2.41. The first-order valence-electron chi connectivity index (χ1n) is 6.68. The number of nitrogens with zero attached hydrogens (tertiary/aromatic N) is 1. The normalized spacial score (nSPS) is 17.8. The molecule has 1 aromatic carbocycles. The minimum Gasteiger partial charge on any atom is -0.466 e. The van der Waals surface area contributed by atoms with Crippen LogP contribution in [0, 0.1) is 17.1 Å². The van der Waals surface area contributed by atoms with Gasteiger partial charge in [0.15, 0.2) is 0 Å². The van der Waals surface area contributed by atoms with E-state index in [1.54, 1.807) is 13.0 Å². The predicted molar refractivity (Wildman–Crippen MR) is 76.4 cm³/mol. The van der Waals surface area contributed by atoms with Gasteiger partial charge < -0.3 is 15.2 Å². The van der Waals surface area contributed by atoms with Crippen LogP contribution in [0.4, 0.5) is 4.39 Å². The van der Waals surface area contributed by atoms with Gasteiger partial charge in [0.05, 0.1) is 18.6 Å². The van der Waals surface area contributed by atoms with Crippen molar-refractivity contribution in [2.75, 3.05) is 7.11 Å². The van der Waals surface area contributed by atoms with Gasteiger partial charge in [0.25, 0.3) is 0 Å². The minimum atomic E-state index is -0.942. The Morgan fingerprint density at radius 3 is 2.73 bits per heavy atom. The molecule has 22 heavy (non-hydrogen) atoms. The Bertz CT molecular complexity index is 716. The van der Waals surface area contributed by atoms with E-state index >= 15 is 0 Å². The van der Waals surface area contributed by atoms with Crippen molar-refractivity contribution in [3.8, 4) is 6.07 Å². The fraction of sp³-hybridized carbons (Fsp3) is 0.250. The molecule has 0 saturated heterocycles. The van der Waals surface area contributed by atoms with Gasteiger partial charge in [0.2, 0.25) is 5.88 Å². The lowest BCUT2D eigenvalue weighted by atomic mass is 9.82. The highest BCUT2D eigenvalue weighted by atomic mass is 19.1. The first-order chi connectivity index (χ1) is 10.5. The lowest BCUT2D eigenvalue weighted by Gasteiger charge is -2.27. The van der Waals surface area contributed by atoms with E-state index in [1.807, 2.05) is 6.07 Å². The molecule has 1 aromatic rings. The van der Waals surface area contributed by atoms with Crippen LogP contribution in [0.3, 0.4) is 0 Å². The summed E-state index contributed by atoms with van der Waals surface area (Å²) in [5.41, 5.74) is 6.03. The molecule has 114 valence electrons. The van der Waals surface area contributed by atoms with E-state index in [4.69, 9.17) is 15.2 Å². The molecule has 5 nitrogen and oxygen atoms in total. The van der Waals surface area contributed by atoms with Crippen LogP contribution < -0.4 is 5.73 Å². The second-order valence-corrected chi connectivity index (χ2v) is 4.63. The third kappa shape index (κ3) is 2.53. The molecular weight excluding hydrogens is 287 g/mol. The first kappa shape index (κ1) is 15.6. The monoisotopic (exact) mass is 302 g/mol. The van der Waals surface area contributed by atoms with Gasteiger partial charge in [-0.25, -0.2) is 9.18 Å². The van der Waals surface area contributed by atoms with Crippen molar-refractivity contribution < 1.29 is 18.7 Å². The molecule has 6 heteroatoms. The fourth-order valence-corrected chi connectivity index (χ4v) is 2.43. The zero-order chi connectivity index (χ0) is 16.3. The maximum absolute atomic E-state index is 14.2. The van der Waals surface area contributed by atoms with Crippen LogP contribution in [-0.2, 0) is 14.3 Å². The highest BCUT2D eigenvalue weighted by molar-refractivity contribution is 5.92. The largest absolute Gasteiger partial charge is 0.466 e. The summed E-state index contributed by atoms with van der Waals surface area (Å²) in [7, 11) is 1.22. The van der Waals surface area contributed by atoms with Crippen LogP contribution >= 0.6 is 0 Å². The molecule has 2 rings (SSSR count). The van der Waals surface area contributed by atoms with Crippen molar-refractivity contribution in [3.05, 3.63) is 58.4 Å². The molecule has 0 unspecified atom stereocenters. The van der Waals surface area contributed by atoms with E-state index in [0.29, 0.717) is 6.42 Å². The van der Waals surface area contributed by atoms with E-state index in [-0.39, 0.29) is 28.4 Å². The first-order valence-corrected chi connectivity index (χ1v) is 6.68. The van der Waals surface area contributed by atoms with Gasteiger partial charge in [0, 0.05) is 12.0 Å². The molecule has 0 amide bonds. The van der Waals surface area contributed by atoms with Gasteiger partial charge in [-0.15, -0.1) is 0 Å². The number of halogens is 1. The molecule has 1 heterocycles. The number of esters is 1. The molecule has 0 fully saturated rings. The topological polar surface area (TPSA) is 85.3 Å². The predicted octanol–water partition coefficient (Wildman–Crippen LogP) is 2.47. The molecule has 2 N–H and O–H groups in total. The average molecular weight is 302 g/mol. The van der Waals surface area contributed by atoms with Gasteiger partial charge >= 0.3 is 5.97 Å². The number of methoxy groups -OCH3 is 1. The summed E-state index contributed by atoms with van der Waals surface area (Å²) in [4.78, 5) is 12.1. The summed E-state index contributed by atoms with van der Waals surface area (Å²) in [6.45, 7) is 1.77. The summed E-state index contributed by atoms with van der Waals surface area (Å²) in [5, 5.41) is 9.35. The van der Waals surface area contributed by atoms with Gasteiger partial charge in [0.1, 0.15) is 23.2 Å². The summed E-state index contributed by atoms with van der Waals surface area (Å²) in [6, 6.07) is 7.82. The molecule has 0 spiro atoms. The Hall–Kier alpha value is -2.81. The number of nitrogens with two attached hydrogens (primary N) is 1. The Balaban J connectivity index is 2.73. The van der Waals surface area contributed by atoms with E-state index in [1.165, 1.54) is 25.3 Å². The number of rotatable bonds is 3. The van der Waals surface area contributed by atoms with Crippen LogP contribution in [0.5, 0.6) is 0 Å². The number of hydrogen-bond acceptors (Lipinski definition) is 5. The van der Waals surface area contributed by atoms with Crippen molar-refractivity contribution in [2.24, 2.45) is 5.73 Å². The van der Waals surface area contributed by atoms with Crippen molar-refractivity contribution >= 4 is 5.97 Å². The molecule has 1 aliphatic heterocycles. The lowest BCUT2D eigenvalue weighted by molar-refractivity contribution is -0.136. The summed E-state index contributed by atoms with van der Waals surface area (Å²) < 4.78 is 24.3. The third-order valence-electron chi connectivity index (χ3n) is 3.44. The van der Waals surface area contributed by atoms with E-state index < -0.39 is 17.7 Å². The van der Waals surface area contributed by atoms with Crippen LogP contribution in [0.1, 0.15) is 24.8 Å². The second-order valence-electron chi connectivity index (χ2n) is 4.63. The number of nitriles is 1. The zero-order valence-electron chi connectivity index (χ0n) is 12.2. The maximum Gasteiger partial charge on any atom is 0.338 e. The maximum atomic E-state index is 14.2. The Labute approximate surface area is 127 Å². The number of benzene rings is 1. The molecule has 0 radical (unpaired) electrons. The molecule has 0 aliphatic carbocycles. The third-order valence-corrected chi connectivity index (χ3v) is 3.44. The Morgan fingerprint density at radius 2 is 2.18 bits per heavy atom. The standard InChI is InChI=1S/C16H15FN2O3/c1-3-12-14(16(20)21-2)13(10(8-18)15(19)22-12)9-6-4-5-7-11(9)17/h4-7,13H,3,19H2,1-2H3/t13-/m0/s1. The smallest absolute Gasteiger partial charge is 0.338 e. The Morgan fingerprint density at radius 1 is 1.50 bits per heavy atom. The van der Waals surface area contributed by atoms with Crippen LogP contribution in [0.15, 0.2) is 47.1 Å². The molecule has 1 atom stereocenters. The number of hydrogen-bond donors (Lipinski definition) is 1. The number of carbonyl (C=O) groups is 1. The minimum absolute atomic E-state index is 0.0114.